The number of aromatic hydroxyl groups is 1. The van der Waals surface area contributed by atoms with Crippen LogP contribution in [0.15, 0.2) is 76.1 Å². The number of amides is 1. The Morgan fingerprint density at radius 2 is 1.53 bits per heavy atom. The number of carbonyl (C=O) groups excluding carboxylic acids is 1. The van der Waals surface area contributed by atoms with Crippen LogP contribution in [0, 0.1) is 0 Å². The van der Waals surface area contributed by atoms with E-state index in [9.17, 15) is 14.7 Å². The molecule has 1 saturated heterocycles. The van der Waals surface area contributed by atoms with Crippen molar-refractivity contribution in [2.45, 2.75) is 0 Å². The Kier molecular flexibility index (Phi) is 7.08. The monoisotopic (exact) mass is 516 g/mol. The summed E-state index contributed by atoms with van der Waals surface area (Å²) >= 11 is 0. The van der Waals surface area contributed by atoms with Gasteiger partial charge in [0.05, 0.1) is 19.8 Å². The Hall–Kier alpha value is -4.66. The Balaban J connectivity index is 1.23. The quantitative estimate of drug-likeness (QED) is 0.395. The number of methoxy groups -OCH3 is 2. The van der Waals surface area contributed by atoms with Crippen molar-refractivity contribution in [3.05, 3.63) is 77.2 Å². The standard InChI is InChI=1S/C29H28N2O7/c1-35-21-7-3-19(4-8-21)24-17-38-26-16-23(15-25(32)28(26)29(24)34)37-18-27(33)31-13-11-30(12-14-31)20-5-9-22(36-2)10-6-20/h3-10,15-17,32H,11-14,18H2,1-2H3. The van der Waals surface area contributed by atoms with Crippen LogP contribution in [0.2, 0.25) is 0 Å². The third-order valence-electron chi connectivity index (χ3n) is 6.66. The van der Waals surface area contributed by atoms with Gasteiger partial charge in [0.15, 0.2) is 6.61 Å². The van der Waals surface area contributed by atoms with Gasteiger partial charge < -0.3 is 33.5 Å². The molecule has 1 aromatic heterocycles. The summed E-state index contributed by atoms with van der Waals surface area (Å²) in [5.74, 6) is 1.27. The molecule has 9 heteroatoms. The largest absolute Gasteiger partial charge is 0.507 e. The minimum Gasteiger partial charge on any atom is -0.507 e. The lowest BCUT2D eigenvalue weighted by Crippen LogP contribution is -2.50. The van der Waals surface area contributed by atoms with Gasteiger partial charge in [-0.15, -0.1) is 0 Å². The molecule has 9 nitrogen and oxygen atoms in total. The van der Waals surface area contributed by atoms with E-state index in [0.717, 1.165) is 11.4 Å². The number of phenolic OH excluding ortho intramolecular Hbond substituents is 1. The molecular formula is C29H28N2O7. The number of nitrogens with zero attached hydrogens (tertiary/aromatic N) is 2. The molecule has 0 saturated carbocycles. The molecule has 1 aliphatic rings. The van der Waals surface area contributed by atoms with Crippen molar-refractivity contribution in [3.8, 4) is 34.1 Å². The van der Waals surface area contributed by atoms with E-state index in [4.69, 9.17) is 18.6 Å². The van der Waals surface area contributed by atoms with Crippen LogP contribution in [-0.2, 0) is 4.79 Å². The molecule has 196 valence electrons. The fourth-order valence-corrected chi connectivity index (χ4v) is 4.50. The third-order valence-corrected chi connectivity index (χ3v) is 6.66. The van der Waals surface area contributed by atoms with Gasteiger partial charge >= 0.3 is 0 Å². The molecule has 38 heavy (non-hydrogen) atoms. The lowest BCUT2D eigenvalue weighted by atomic mass is 10.0. The Labute approximate surface area is 219 Å². The molecule has 0 aliphatic carbocycles. The first kappa shape index (κ1) is 25.0. The summed E-state index contributed by atoms with van der Waals surface area (Å²) in [6.45, 7) is 2.36. The van der Waals surface area contributed by atoms with Crippen molar-refractivity contribution >= 4 is 22.6 Å². The van der Waals surface area contributed by atoms with Crippen LogP contribution in [-0.4, -0.2) is 62.9 Å². The molecule has 1 aliphatic heterocycles. The molecule has 0 bridgehead atoms. The lowest BCUT2D eigenvalue weighted by molar-refractivity contribution is -0.133. The second-order valence-corrected chi connectivity index (χ2v) is 8.88. The molecule has 0 radical (unpaired) electrons. The Morgan fingerprint density at radius 1 is 0.895 bits per heavy atom. The van der Waals surface area contributed by atoms with E-state index in [2.05, 4.69) is 4.90 Å². The second-order valence-electron chi connectivity index (χ2n) is 8.88. The maximum absolute atomic E-state index is 13.1. The maximum Gasteiger partial charge on any atom is 0.260 e. The van der Waals surface area contributed by atoms with Crippen LogP contribution in [0.1, 0.15) is 0 Å². The first-order valence-corrected chi connectivity index (χ1v) is 12.2. The molecule has 1 amide bonds. The van der Waals surface area contributed by atoms with Crippen molar-refractivity contribution in [1.82, 2.24) is 4.90 Å². The van der Waals surface area contributed by atoms with E-state index in [-0.39, 0.29) is 40.4 Å². The van der Waals surface area contributed by atoms with Crippen LogP contribution in [0.25, 0.3) is 22.1 Å². The highest BCUT2D eigenvalue weighted by molar-refractivity contribution is 5.88. The van der Waals surface area contributed by atoms with E-state index in [1.165, 1.54) is 18.4 Å². The van der Waals surface area contributed by atoms with Crippen LogP contribution in [0.3, 0.4) is 0 Å². The highest BCUT2D eigenvalue weighted by Gasteiger charge is 2.22. The molecule has 5 rings (SSSR count). The number of carbonyl (C=O) groups is 1. The summed E-state index contributed by atoms with van der Waals surface area (Å²) in [4.78, 5) is 29.8. The molecule has 4 aromatic rings. The van der Waals surface area contributed by atoms with Gasteiger partial charge in [-0.2, -0.15) is 0 Å². The molecular weight excluding hydrogens is 488 g/mol. The molecule has 2 heterocycles. The minimum absolute atomic E-state index is 0.0478. The van der Waals surface area contributed by atoms with Crippen molar-refractivity contribution in [2.75, 3.05) is 51.9 Å². The number of rotatable bonds is 7. The van der Waals surface area contributed by atoms with Gasteiger partial charge in [0.2, 0.25) is 5.43 Å². The van der Waals surface area contributed by atoms with Gasteiger partial charge in [0.1, 0.15) is 40.2 Å². The fourth-order valence-electron chi connectivity index (χ4n) is 4.50. The number of phenols is 1. The summed E-state index contributed by atoms with van der Waals surface area (Å²) in [6.07, 6.45) is 1.35. The zero-order valence-electron chi connectivity index (χ0n) is 21.2. The fraction of sp³-hybridized carbons (Fsp3) is 0.241. The van der Waals surface area contributed by atoms with Gasteiger partial charge in [0.25, 0.3) is 5.91 Å². The number of hydrogen-bond donors (Lipinski definition) is 1. The smallest absolute Gasteiger partial charge is 0.260 e. The Bertz CT molecular complexity index is 1490. The first-order valence-electron chi connectivity index (χ1n) is 12.2. The number of hydrogen-bond acceptors (Lipinski definition) is 8. The number of fused-ring (bicyclic) bond motifs is 1. The zero-order valence-corrected chi connectivity index (χ0v) is 21.2. The number of benzene rings is 3. The van der Waals surface area contributed by atoms with Crippen LogP contribution in [0.5, 0.6) is 23.0 Å². The molecule has 3 aromatic carbocycles. The van der Waals surface area contributed by atoms with Crippen LogP contribution in [0.4, 0.5) is 5.69 Å². The predicted octanol–water partition coefficient (Wildman–Crippen LogP) is 3.91. The van der Waals surface area contributed by atoms with Gasteiger partial charge in [-0.25, -0.2) is 0 Å². The zero-order chi connectivity index (χ0) is 26.6. The highest BCUT2D eigenvalue weighted by Crippen LogP contribution is 2.31. The van der Waals surface area contributed by atoms with Gasteiger partial charge in [-0.1, -0.05) is 12.1 Å². The SMILES string of the molecule is COc1ccc(-c2coc3cc(OCC(=O)N4CCN(c5ccc(OC)cc5)CC4)cc(O)c3c2=O)cc1. The van der Waals surface area contributed by atoms with E-state index in [1.54, 1.807) is 43.4 Å². The summed E-state index contributed by atoms with van der Waals surface area (Å²) in [7, 11) is 3.20. The van der Waals surface area contributed by atoms with Crippen molar-refractivity contribution < 1.29 is 28.5 Å². The van der Waals surface area contributed by atoms with Crippen molar-refractivity contribution in [2.24, 2.45) is 0 Å². The predicted molar refractivity (Wildman–Crippen MR) is 143 cm³/mol. The van der Waals surface area contributed by atoms with E-state index in [1.807, 2.05) is 24.3 Å². The molecule has 0 unspecified atom stereocenters. The molecule has 1 N–H and O–H groups in total. The number of anilines is 1. The van der Waals surface area contributed by atoms with Crippen molar-refractivity contribution in [3.63, 3.8) is 0 Å². The average Bonchev–Trinajstić information content (AvgIpc) is 2.96. The normalized spacial score (nSPS) is 13.4. The van der Waals surface area contributed by atoms with Crippen molar-refractivity contribution in [1.29, 1.82) is 0 Å². The average molecular weight is 517 g/mol. The number of piperazine rings is 1. The van der Waals surface area contributed by atoms with Gasteiger partial charge in [-0.05, 0) is 42.0 Å². The maximum atomic E-state index is 13.1. The summed E-state index contributed by atoms with van der Waals surface area (Å²) in [5.41, 5.74) is 1.83. The Morgan fingerprint density at radius 3 is 2.16 bits per heavy atom. The second kappa shape index (κ2) is 10.8. The lowest BCUT2D eigenvalue weighted by Gasteiger charge is -2.36. The molecule has 1 fully saturated rings. The summed E-state index contributed by atoms with van der Waals surface area (Å²) in [6, 6.07) is 17.6. The van der Waals surface area contributed by atoms with Gasteiger partial charge in [0, 0.05) is 44.0 Å². The summed E-state index contributed by atoms with van der Waals surface area (Å²) < 4.78 is 21.7. The first-order chi connectivity index (χ1) is 18.5. The van der Waals surface area contributed by atoms with Gasteiger partial charge in [-0.3, -0.25) is 9.59 Å². The highest BCUT2D eigenvalue weighted by atomic mass is 16.5. The minimum atomic E-state index is -0.369. The topological polar surface area (TPSA) is 102 Å². The molecule has 0 spiro atoms. The van der Waals surface area contributed by atoms with Crippen LogP contribution >= 0.6 is 0 Å². The van der Waals surface area contributed by atoms with Crippen LogP contribution < -0.4 is 24.5 Å². The summed E-state index contributed by atoms with van der Waals surface area (Å²) in [5, 5.41) is 10.6. The van der Waals surface area contributed by atoms with E-state index >= 15 is 0 Å². The molecule has 0 atom stereocenters. The third kappa shape index (κ3) is 5.08. The van der Waals surface area contributed by atoms with E-state index < -0.39 is 0 Å². The van der Waals surface area contributed by atoms with E-state index in [0.29, 0.717) is 43.1 Å². The number of ether oxygens (including phenoxy) is 3.